The topological polar surface area (TPSA) is 42.0 Å². The first-order valence-electron chi connectivity index (χ1n) is 11.5. The number of amides is 1. The predicted octanol–water partition coefficient (Wildman–Crippen LogP) is 5.35. The van der Waals surface area contributed by atoms with Crippen molar-refractivity contribution in [2.24, 2.45) is 0 Å². The maximum absolute atomic E-state index is 12.2. The van der Waals surface area contributed by atoms with Gasteiger partial charge in [-0.15, -0.1) is 0 Å². The molecule has 164 valence electrons. The molecular weight excluding hydrogens is 364 g/mol. The molecule has 0 unspecified atom stereocenters. The van der Waals surface area contributed by atoms with Gasteiger partial charge in [0.25, 0.3) is 0 Å². The molecule has 1 amide bonds. The highest BCUT2D eigenvalue weighted by atomic mass is 16.6. The van der Waals surface area contributed by atoms with Crippen LogP contribution in [0.4, 0.5) is 4.79 Å². The Labute approximate surface area is 177 Å². The first kappa shape index (κ1) is 23.7. The van der Waals surface area contributed by atoms with E-state index in [1.165, 1.54) is 51.6 Å². The third-order valence-corrected chi connectivity index (χ3v) is 5.58. The van der Waals surface area contributed by atoms with Crippen molar-refractivity contribution in [1.29, 1.82) is 0 Å². The Hall–Kier alpha value is -1.59. The molecule has 0 spiro atoms. The standard InChI is InChI=1S/C24H40N2O3/c1-3-4-10-17-25(2)18-11-5-6-12-21-28-22-15-19-26(20-16-22)24(27)29-23-13-8-7-9-14-23/h7-9,13-14,22H,3-6,10-12,15-21H2,1-2H3. The highest BCUT2D eigenvalue weighted by molar-refractivity contribution is 5.70. The monoisotopic (exact) mass is 404 g/mol. The smallest absolute Gasteiger partial charge is 0.410 e. The normalized spacial score (nSPS) is 15.1. The molecule has 29 heavy (non-hydrogen) atoms. The Kier molecular flexibility index (Phi) is 11.8. The number of hydrogen-bond donors (Lipinski definition) is 0. The zero-order chi connectivity index (χ0) is 20.7. The van der Waals surface area contributed by atoms with Crippen LogP contribution in [0.25, 0.3) is 0 Å². The molecule has 2 rings (SSSR count). The van der Waals surface area contributed by atoms with Crippen LogP contribution in [-0.4, -0.2) is 61.8 Å². The van der Waals surface area contributed by atoms with E-state index in [9.17, 15) is 4.79 Å². The first-order valence-corrected chi connectivity index (χ1v) is 11.5. The lowest BCUT2D eigenvalue weighted by Gasteiger charge is -2.31. The molecule has 0 saturated carbocycles. The number of rotatable bonds is 13. The number of benzene rings is 1. The molecular formula is C24H40N2O3. The van der Waals surface area contributed by atoms with E-state index in [0.29, 0.717) is 18.8 Å². The Morgan fingerprint density at radius 3 is 2.34 bits per heavy atom. The SMILES string of the molecule is CCCCCN(C)CCCCCCOC1CCN(C(=O)Oc2ccccc2)CC1. The van der Waals surface area contributed by atoms with Crippen molar-refractivity contribution in [3.05, 3.63) is 30.3 Å². The van der Waals surface area contributed by atoms with Crippen LogP contribution in [0.2, 0.25) is 0 Å². The summed E-state index contributed by atoms with van der Waals surface area (Å²) in [7, 11) is 2.24. The van der Waals surface area contributed by atoms with Crippen molar-refractivity contribution in [3.63, 3.8) is 0 Å². The summed E-state index contributed by atoms with van der Waals surface area (Å²) in [6.07, 6.45) is 10.7. The molecule has 0 N–H and O–H groups in total. The molecule has 1 aromatic carbocycles. The molecule has 1 aromatic rings. The van der Waals surface area contributed by atoms with Crippen LogP contribution >= 0.6 is 0 Å². The Bertz CT molecular complexity index is 544. The molecule has 1 heterocycles. The quantitative estimate of drug-likeness (QED) is 0.416. The second-order valence-electron chi connectivity index (χ2n) is 8.16. The van der Waals surface area contributed by atoms with Crippen LogP contribution in [0.1, 0.15) is 64.7 Å². The summed E-state index contributed by atoms with van der Waals surface area (Å²) in [5.74, 6) is 0.600. The fraction of sp³-hybridized carbons (Fsp3) is 0.708. The van der Waals surface area contributed by atoms with Gasteiger partial charge in [0.2, 0.25) is 0 Å². The van der Waals surface area contributed by atoms with E-state index in [1.54, 1.807) is 17.0 Å². The van der Waals surface area contributed by atoms with Gasteiger partial charge < -0.3 is 19.3 Å². The van der Waals surface area contributed by atoms with Crippen LogP contribution in [0.3, 0.4) is 0 Å². The molecule has 0 aromatic heterocycles. The molecule has 0 radical (unpaired) electrons. The van der Waals surface area contributed by atoms with Gasteiger partial charge >= 0.3 is 6.09 Å². The summed E-state index contributed by atoms with van der Waals surface area (Å²) in [5, 5.41) is 0. The molecule has 1 saturated heterocycles. The van der Waals surface area contributed by atoms with Crippen LogP contribution in [0.5, 0.6) is 5.75 Å². The second kappa shape index (κ2) is 14.4. The number of piperidine rings is 1. The number of carbonyl (C=O) groups excluding carboxylic acids is 1. The lowest BCUT2D eigenvalue weighted by atomic mass is 10.1. The maximum atomic E-state index is 12.2. The van der Waals surface area contributed by atoms with Gasteiger partial charge in [0.1, 0.15) is 5.75 Å². The van der Waals surface area contributed by atoms with Gasteiger partial charge in [0.05, 0.1) is 6.10 Å². The molecule has 5 nitrogen and oxygen atoms in total. The predicted molar refractivity (Wildman–Crippen MR) is 119 cm³/mol. The van der Waals surface area contributed by atoms with Gasteiger partial charge in [-0.3, -0.25) is 0 Å². The van der Waals surface area contributed by atoms with Crippen molar-refractivity contribution in [2.45, 2.75) is 70.8 Å². The highest BCUT2D eigenvalue weighted by Gasteiger charge is 2.24. The van der Waals surface area contributed by atoms with Gasteiger partial charge in [-0.05, 0) is 64.4 Å². The zero-order valence-corrected chi connectivity index (χ0v) is 18.5. The van der Waals surface area contributed by atoms with Crippen molar-refractivity contribution in [3.8, 4) is 5.75 Å². The maximum Gasteiger partial charge on any atom is 0.415 e. The minimum atomic E-state index is -0.255. The van der Waals surface area contributed by atoms with Crippen molar-refractivity contribution < 1.29 is 14.3 Å². The number of nitrogens with zero attached hydrogens (tertiary/aromatic N) is 2. The zero-order valence-electron chi connectivity index (χ0n) is 18.5. The Morgan fingerprint density at radius 2 is 1.66 bits per heavy atom. The first-order chi connectivity index (χ1) is 14.2. The molecule has 1 aliphatic rings. The third kappa shape index (κ3) is 10.1. The van der Waals surface area contributed by atoms with E-state index >= 15 is 0 Å². The van der Waals surface area contributed by atoms with E-state index < -0.39 is 0 Å². The number of unbranched alkanes of at least 4 members (excludes halogenated alkanes) is 5. The van der Waals surface area contributed by atoms with Crippen LogP contribution in [0, 0.1) is 0 Å². The van der Waals surface area contributed by atoms with E-state index in [1.807, 2.05) is 18.2 Å². The number of ether oxygens (including phenoxy) is 2. The summed E-state index contributed by atoms with van der Waals surface area (Å²) < 4.78 is 11.4. The van der Waals surface area contributed by atoms with Gasteiger partial charge in [0, 0.05) is 19.7 Å². The average molecular weight is 405 g/mol. The number of para-hydroxylation sites is 1. The van der Waals surface area contributed by atoms with Gasteiger partial charge in [-0.25, -0.2) is 4.79 Å². The highest BCUT2D eigenvalue weighted by Crippen LogP contribution is 2.17. The summed E-state index contributed by atoms with van der Waals surface area (Å²) in [6.45, 7) is 6.95. The van der Waals surface area contributed by atoms with Crippen LogP contribution in [-0.2, 0) is 4.74 Å². The van der Waals surface area contributed by atoms with Crippen molar-refractivity contribution in [2.75, 3.05) is 39.8 Å². The summed E-state index contributed by atoms with van der Waals surface area (Å²) in [4.78, 5) is 16.5. The van der Waals surface area contributed by atoms with Crippen molar-refractivity contribution >= 4 is 6.09 Å². The minimum Gasteiger partial charge on any atom is -0.410 e. The molecule has 1 aliphatic heterocycles. The molecule has 5 heteroatoms. The third-order valence-electron chi connectivity index (χ3n) is 5.58. The number of likely N-dealkylation sites (tertiary alicyclic amines) is 1. The lowest BCUT2D eigenvalue weighted by molar-refractivity contribution is 0.00929. The lowest BCUT2D eigenvalue weighted by Crippen LogP contribution is -2.42. The van der Waals surface area contributed by atoms with Crippen molar-refractivity contribution in [1.82, 2.24) is 9.80 Å². The van der Waals surface area contributed by atoms with E-state index in [-0.39, 0.29) is 12.2 Å². The Morgan fingerprint density at radius 1 is 1.00 bits per heavy atom. The molecule has 0 aliphatic carbocycles. The van der Waals surface area contributed by atoms with Gasteiger partial charge in [-0.2, -0.15) is 0 Å². The molecule has 0 atom stereocenters. The fourth-order valence-electron chi connectivity index (χ4n) is 3.69. The average Bonchev–Trinajstić information content (AvgIpc) is 2.74. The summed E-state index contributed by atoms with van der Waals surface area (Å²) in [5.41, 5.74) is 0. The van der Waals surface area contributed by atoms with Crippen LogP contribution < -0.4 is 4.74 Å². The van der Waals surface area contributed by atoms with Gasteiger partial charge in [-0.1, -0.05) is 50.8 Å². The van der Waals surface area contributed by atoms with Crippen LogP contribution in [0.15, 0.2) is 30.3 Å². The minimum absolute atomic E-state index is 0.255. The second-order valence-corrected chi connectivity index (χ2v) is 8.16. The molecule has 1 fully saturated rings. The molecule has 0 bridgehead atoms. The number of carbonyl (C=O) groups is 1. The van der Waals surface area contributed by atoms with E-state index in [0.717, 1.165) is 25.9 Å². The largest absolute Gasteiger partial charge is 0.415 e. The summed E-state index contributed by atoms with van der Waals surface area (Å²) >= 11 is 0. The number of hydrogen-bond acceptors (Lipinski definition) is 4. The van der Waals surface area contributed by atoms with E-state index in [2.05, 4.69) is 18.9 Å². The van der Waals surface area contributed by atoms with Gasteiger partial charge in [0.15, 0.2) is 0 Å². The fourth-order valence-corrected chi connectivity index (χ4v) is 3.69. The van der Waals surface area contributed by atoms with E-state index in [4.69, 9.17) is 9.47 Å². The Balaban J connectivity index is 1.45. The summed E-state index contributed by atoms with van der Waals surface area (Å²) in [6, 6.07) is 9.26.